The Morgan fingerprint density at radius 1 is 1.00 bits per heavy atom. The van der Waals surface area contributed by atoms with Gasteiger partial charge in [-0.05, 0) is 55.5 Å². The Labute approximate surface area is 153 Å². The van der Waals surface area contributed by atoms with E-state index in [1.54, 1.807) is 0 Å². The minimum Gasteiger partial charge on any atom is -0.341 e. The highest BCUT2D eigenvalue weighted by Crippen LogP contribution is 2.42. The van der Waals surface area contributed by atoms with Crippen LogP contribution in [0.5, 0.6) is 0 Å². The largest absolute Gasteiger partial charge is 0.435 e. The van der Waals surface area contributed by atoms with E-state index >= 15 is 0 Å². The van der Waals surface area contributed by atoms with Crippen molar-refractivity contribution in [3.05, 3.63) is 17.8 Å². The van der Waals surface area contributed by atoms with Gasteiger partial charge in [-0.15, -0.1) is 20.4 Å². The first-order valence-corrected chi connectivity index (χ1v) is 9.52. The fraction of sp³-hybridized carbons (Fsp3) is 0.625. The van der Waals surface area contributed by atoms with Crippen molar-refractivity contribution in [3.63, 3.8) is 0 Å². The summed E-state index contributed by atoms with van der Waals surface area (Å²) in [7, 11) is 0. The molecule has 6 nitrogen and oxygen atoms in total. The highest BCUT2D eigenvalue weighted by atomic mass is 32.2. The maximum absolute atomic E-state index is 12.6. The molecule has 0 spiro atoms. The molecule has 3 heterocycles. The Bertz CT molecular complexity index is 763. The van der Waals surface area contributed by atoms with Crippen molar-refractivity contribution in [3.8, 4) is 0 Å². The Morgan fingerprint density at radius 2 is 1.73 bits per heavy atom. The molecule has 2 aromatic heterocycles. The maximum atomic E-state index is 12.6. The standard InChI is InChI=1S/C16H19F3N6S/c1-10-6-8-24(9-7-10)14-22-23-15(25(14)11-2-3-11)26-13-5-4-12(20-21-13)16(17,18)19/h4-5,10-11H,2-3,6-9H2,1H3. The molecule has 0 radical (unpaired) electrons. The monoisotopic (exact) mass is 384 g/mol. The van der Waals surface area contributed by atoms with E-state index in [4.69, 9.17) is 0 Å². The molecule has 0 N–H and O–H groups in total. The summed E-state index contributed by atoms with van der Waals surface area (Å²) in [5.74, 6) is 1.58. The second-order valence-corrected chi connectivity index (χ2v) is 7.90. The lowest BCUT2D eigenvalue weighted by Crippen LogP contribution is -2.34. The van der Waals surface area contributed by atoms with Crippen LogP contribution in [0.2, 0.25) is 0 Å². The van der Waals surface area contributed by atoms with Crippen LogP contribution in [0, 0.1) is 5.92 Å². The van der Waals surface area contributed by atoms with Crippen molar-refractivity contribution in [2.45, 2.75) is 55.0 Å². The molecule has 1 saturated heterocycles. The second kappa shape index (κ2) is 6.71. The summed E-state index contributed by atoms with van der Waals surface area (Å²) in [5.41, 5.74) is -0.992. The van der Waals surface area contributed by atoms with Gasteiger partial charge >= 0.3 is 6.18 Å². The van der Waals surface area contributed by atoms with Gasteiger partial charge in [-0.25, -0.2) is 0 Å². The van der Waals surface area contributed by atoms with E-state index in [1.807, 2.05) is 0 Å². The maximum Gasteiger partial charge on any atom is 0.435 e. The zero-order chi connectivity index (χ0) is 18.3. The van der Waals surface area contributed by atoms with Gasteiger partial charge in [-0.1, -0.05) is 6.92 Å². The number of anilines is 1. The van der Waals surface area contributed by atoms with Gasteiger partial charge < -0.3 is 4.90 Å². The van der Waals surface area contributed by atoms with Crippen molar-refractivity contribution >= 4 is 17.7 Å². The molecule has 26 heavy (non-hydrogen) atoms. The quantitative estimate of drug-likeness (QED) is 0.799. The Kier molecular flexibility index (Phi) is 4.54. The summed E-state index contributed by atoms with van der Waals surface area (Å²) in [5, 5.41) is 16.7. The highest BCUT2D eigenvalue weighted by molar-refractivity contribution is 7.99. The fourth-order valence-electron chi connectivity index (χ4n) is 3.03. The van der Waals surface area contributed by atoms with E-state index in [2.05, 4.69) is 36.8 Å². The molecule has 0 atom stereocenters. The van der Waals surface area contributed by atoms with Crippen LogP contribution in [0.1, 0.15) is 44.3 Å². The van der Waals surface area contributed by atoms with Gasteiger partial charge in [0.1, 0.15) is 5.03 Å². The summed E-state index contributed by atoms with van der Waals surface area (Å²) in [4.78, 5) is 2.26. The predicted molar refractivity (Wildman–Crippen MR) is 90.1 cm³/mol. The first-order valence-electron chi connectivity index (χ1n) is 8.70. The summed E-state index contributed by atoms with van der Waals surface area (Å²) in [6.07, 6.45) is -0.0827. The van der Waals surface area contributed by atoms with Crippen LogP contribution in [0.15, 0.2) is 22.3 Å². The molecule has 0 amide bonds. The van der Waals surface area contributed by atoms with Crippen LogP contribution in [-0.4, -0.2) is 38.1 Å². The number of halogens is 3. The molecule has 1 aliphatic carbocycles. The molecular weight excluding hydrogens is 365 g/mol. The molecule has 4 rings (SSSR count). The van der Waals surface area contributed by atoms with Gasteiger partial charge in [0, 0.05) is 19.1 Å². The molecule has 2 aliphatic rings. The number of piperidine rings is 1. The Morgan fingerprint density at radius 3 is 2.31 bits per heavy atom. The van der Waals surface area contributed by atoms with E-state index < -0.39 is 11.9 Å². The van der Waals surface area contributed by atoms with Gasteiger partial charge in [0.05, 0.1) is 0 Å². The second-order valence-electron chi connectivity index (χ2n) is 6.91. The smallest absolute Gasteiger partial charge is 0.341 e. The number of nitrogens with zero attached hydrogens (tertiary/aromatic N) is 6. The third kappa shape index (κ3) is 3.65. The van der Waals surface area contributed by atoms with Gasteiger partial charge in [-0.2, -0.15) is 13.2 Å². The van der Waals surface area contributed by atoms with Crippen molar-refractivity contribution in [1.82, 2.24) is 25.0 Å². The first kappa shape index (κ1) is 17.6. The number of rotatable bonds is 4. The first-order chi connectivity index (χ1) is 12.4. The molecule has 2 fully saturated rings. The van der Waals surface area contributed by atoms with Crippen LogP contribution < -0.4 is 4.90 Å². The van der Waals surface area contributed by atoms with Crippen molar-refractivity contribution in [2.75, 3.05) is 18.0 Å². The van der Waals surface area contributed by atoms with Gasteiger partial charge in [0.2, 0.25) is 5.95 Å². The molecule has 2 aromatic rings. The van der Waals surface area contributed by atoms with Crippen LogP contribution in [0.4, 0.5) is 19.1 Å². The number of alkyl halides is 3. The fourth-order valence-corrected chi connectivity index (χ4v) is 3.85. The SMILES string of the molecule is CC1CCN(c2nnc(Sc3ccc(C(F)(F)F)nn3)n2C2CC2)CC1. The summed E-state index contributed by atoms with van der Waals surface area (Å²) in [6.45, 7) is 4.17. The van der Waals surface area contributed by atoms with Crippen LogP contribution in [-0.2, 0) is 6.18 Å². The van der Waals surface area contributed by atoms with Crippen LogP contribution >= 0.6 is 11.8 Å². The summed E-state index contributed by atoms with van der Waals surface area (Å²) >= 11 is 1.21. The molecule has 0 aromatic carbocycles. The average Bonchev–Trinajstić information content (AvgIpc) is 3.36. The zero-order valence-corrected chi connectivity index (χ0v) is 15.1. The Hall–Kier alpha value is -1.84. The van der Waals surface area contributed by atoms with Gasteiger partial charge in [-0.3, -0.25) is 4.57 Å². The number of hydrogen-bond acceptors (Lipinski definition) is 6. The average molecular weight is 384 g/mol. The van der Waals surface area contributed by atoms with Gasteiger partial charge in [0.25, 0.3) is 0 Å². The van der Waals surface area contributed by atoms with Crippen molar-refractivity contribution in [2.24, 2.45) is 5.92 Å². The number of hydrogen-bond donors (Lipinski definition) is 0. The van der Waals surface area contributed by atoms with Gasteiger partial charge in [0.15, 0.2) is 10.9 Å². The third-order valence-electron chi connectivity index (χ3n) is 4.75. The zero-order valence-electron chi connectivity index (χ0n) is 14.3. The topological polar surface area (TPSA) is 59.7 Å². The van der Waals surface area contributed by atoms with Crippen molar-refractivity contribution < 1.29 is 13.2 Å². The van der Waals surface area contributed by atoms with E-state index in [1.165, 1.54) is 17.8 Å². The molecule has 140 valence electrons. The predicted octanol–water partition coefficient (Wildman–Crippen LogP) is 3.81. The molecular formula is C16H19F3N6S. The molecule has 10 heteroatoms. The lowest BCUT2D eigenvalue weighted by atomic mass is 10.00. The summed E-state index contributed by atoms with van der Waals surface area (Å²) < 4.78 is 40.0. The molecule has 0 bridgehead atoms. The minimum atomic E-state index is -4.48. The minimum absolute atomic E-state index is 0.365. The van der Waals surface area contributed by atoms with E-state index in [-0.39, 0.29) is 0 Å². The number of aromatic nitrogens is 5. The third-order valence-corrected chi connectivity index (χ3v) is 5.64. The van der Waals surface area contributed by atoms with Crippen molar-refractivity contribution in [1.29, 1.82) is 0 Å². The molecule has 1 saturated carbocycles. The van der Waals surface area contributed by atoms with E-state index in [9.17, 15) is 13.2 Å². The Balaban J connectivity index is 1.55. The normalized spacial score (nSPS) is 19.2. The van der Waals surface area contributed by atoms with E-state index in [0.717, 1.165) is 56.7 Å². The molecule has 1 aliphatic heterocycles. The lowest BCUT2D eigenvalue weighted by molar-refractivity contribution is -0.141. The lowest BCUT2D eigenvalue weighted by Gasteiger charge is -2.31. The van der Waals surface area contributed by atoms with Crippen LogP contribution in [0.25, 0.3) is 0 Å². The molecule has 0 unspecified atom stereocenters. The summed E-state index contributed by atoms with van der Waals surface area (Å²) in [6, 6.07) is 2.64. The van der Waals surface area contributed by atoms with E-state index in [0.29, 0.717) is 16.2 Å². The van der Waals surface area contributed by atoms with Crippen LogP contribution in [0.3, 0.4) is 0 Å². The highest BCUT2D eigenvalue weighted by Gasteiger charge is 2.34.